The lowest BCUT2D eigenvalue weighted by molar-refractivity contribution is 0.160. The first-order valence-corrected chi connectivity index (χ1v) is 11.0. The molecule has 7 nitrogen and oxygen atoms in total. The van der Waals surface area contributed by atoms with Gasteiger partial charge in [0.2, 0.25) is 0 Å². The highest BCUT2D eigenvalue weighted by Gasteiger charge is 2.50. The van der Waals surface area contributed by atoms with Crippen molar-refractivity contribution in [3.05, 3.63) is 94.9 Å². The summed E-state index contributed by atoms with van der Waals surface area (Å²) < 4.78 is 42.2. The molecule has 2 aliphatic heterocycles. The Kier molecular flexibility index (Phi) is 5.06. The van der Waals surface area contributed by atoms with Crippen molar-refractivity contribution in [2.45, 2.75) is 25.4 Å². The van der Waals surface area contributed by atoms with E-state index in [4.69, 9.17) is 14.7 Å². The molecule has 6 rings (SSSR count). The molecule has 0 spiro atoms. The average Bonchev–Trinajstić information content (AvgIpc) is 3.55. The Bertz CT molecular complexity index is 1460. The van der Waals surface area contributed by atoms with E-state index < -0.39 is 17.4 Å². The summed E-state index contributed by atoms with van der Waals surface area (Å²) in [6.45, 7) is 1.24. The normalized spacial score (nSPS) is 18.5. The molecule has 0 aliphatic carbocycles. The number of hydrogen-bond acceptors (Lipinski definition) is 6. The predicted molar refractivity (Wildman–Crippen MR) is 121 cm³/mol. The van der Waals surface area contributed by atoms with E-state index in [9.17, 15) is 8.78 Å². The molecule has 174 valence electrons. The molecule has 0 radical (unpaired) electrons. The molecular weight excluding hydrogens is 452 g/mol. The van der Waals surface area contributed by atoms with Crippen LogP contribution in [0.4, 0.5) is 8.78 Å². The molecule has 0 saturated carbocycles. The van der Waals surface area contributed by atoms with Crippen molar-refractivity contribution in [2.24, 2.45) is 7.05 Å². The Morgan fingerprint density at radius 1 is 1.17 bits per heavy atom. The maximum absolute atomic E-state index is 14.4. The summed E-state index contributed by atoms with van der Waals surface area (Å²) in [5.74, 6) is -2.03. The van der Waals surface area contributed by atoms with Gasteiger partial charge in [-0.3, -0.25) is 14.6 Å². The van der Waals surface area contributed by atoms with Crippen LogP contribution in [-0.4, -0.2) is 25.9 Å². The topological polar surface area (TPSA) is 79.5 Å². The highest BCUT2D eigenvalue weighted by atomic mass is 19.1. The number of nitrogens with zero attached hydrogens (tertiary/aromatic N) is 5. The molecule has 0 N–H and O–H groups in total. The fourth-order valence-electron chi connectivity index (χ4n) is 4.50. The molecule has 35 heavy (non-hydrogen) atoms. The fraction of sp³-hybridized carbons (Fsp3) is 0.192. The van der Waals surface area contributed by atoms with Gasteiger partial charge in [0.25, 0.3) is 0 Å². The van der Waals surface area contributed by atoms with Gasteiger partial charge in [-0.2, -0.15) is 10.4 Å². The Hall–Kier alpha value is -4.13. The van der Waals surface area contributed by atoms with Crippen molar-refractivity contribution in [1.82, 2.24) is 19.7 Å². The first kappa shape index (κ1) is 21.4. The van der Waals surface area contributed by atoms with Crippen molar-refractivity contribution in [3.63, 3.8) is 0 Å². The van der Waals surface area contributed by atoms with Gasteiger partial charge in [0.15, 0.2) is 17.4 Å². The molecule has 2 aliphatic rings. The monoisotopic (exact) mass is 471 g/mol. The van der Waals surface area contributed by atoms with E-state index in [0.29, 0.717) is 18.8 Å². The number of ether oxygens (including phenoxy) is 2. The second kappa shape index (κ2) is 8.27. The molecule has 9 heteroatoms. The van der Waals surface area contributed by atoms with Gasteiger partial charge in [-0.25, -0.2) is 8.78 Å². The summed E-state index contributed by atoms with van der Waals surface area (Å²) in [4.78, 5) is 6.76. The first-order chi connectivity index (χ1) is 17.0. The Balaban J connectivity index is 1.22. The van der Waals surface area contributed by atoms with Gasteiger partial charge >= 0.3 is 0 Å². The van der Waals surface area contributed by atoms with Gasteiger partial charge in [0.05, 0.1) is 23.5 Å². The quantitative estimate of drug-likeness (QED) is 0.388. The fourth-order valence-corrected chi connectivity index (χ4v) is 4.50. The lowest BCUT2D eigenvalue weighted by Crippen LogP contribution is -2.30. The van der Waals surface area contributed by atoms with Gasteiger partial charge in [-0.15, -0.1) is 0 Å². The van der Waals surface area contributed by atoms with Gasteiger partial charge in [0.1, 0.15) is 18.1 Å². The molecule has 0 amide bonds. The maximum Gasteiger partial charge on any atom is 0.198 e. The zero-order chi connectivity index (χ0) is 24.1. The number of epoxide rings is 1. The van der Waals surface area contributed by atoms with E-state index in [1.54, 1.807) is 29.1 Å². The van der Waals surface area contributed by atoms with Gasteiger partial charge in [-0.1, -0.05) is 18.2 Å². The number of hydrogen-bond donors (Lipinski definition) is 0. The SMILES string of the molecule is Cn1cc(-c2ccc(CN3Cc4cccc(Oc5c(F)cc(C#N)cc5F)c4C4OC43)cn2)cn1. The smallest absolute Gasteiger partial charge is 0.198 e. The average molecular weight is 471 g/mol. The van der Waals surface area contributed by atoms with Crippen molar-refractivity contribution in [1.29, 1.82) is 5.26 Å². The van der Waals surface area contributed by atoms with Crippen LogP contribution in [0.15, 0.2) is 61.1 Å². The summed E-state index contributed by atoms with van der Waals surface area (Å²) in [7, 11) is 1.87. The van der Waals surface area contributed by atoms with Gasteiger partial charge < -0.3 is 9.47 Å². The molecule has 1 saturated heterocycles. The summed E-state index contributed by atoms with van der Waals surface area (Å²) >= 11 is 0. The summed E-state index contributed by atoms with van der Waals surface area (Å²) in [5, 5.41) is 13.1. The highest BCUT2D eigenvalue weighted by molar-refractivity contribution is 5.56. The summed E-state index contributed by atoms with van der Waals surface area (Å²) in [6.07, 6.45) is 5.15. The van der Waals surface area contributed by atoms with Gasteiger partial charge in [0, 0.05) is 43.7 Å². The Morgan fingerprint density at radius 3 is 2.69 bits per heavy atom. The van der Waals surface area contributed by atoms with Crippen LogP contribution in [0.5, 0.6) is 11.5 Å². The molecule has 2 aromatic carbocycles. The van der Waals surface area contributed by atoms with Crippen LogP contribution in [0.3, 0.4) is 0 Å². The largest absolute Gasteiger partial charge is 0.451 e. The van der Waals surface area contributed by atoms with E-state index in [2.05, 4.69) is 15.0 Å². The number of aromatic nitrogens is 3. The Morgan fingerprint density at radius 2 is 2.00 bits per heavy atom. The number of fused-ring (bicyclic) bond motifs is 3. The molecule has 2 atom stereocenters. The number of nitriles is 1. The van der Waals surface area contributed by atoms with Crippen LogP contribution in [0, 0.1) is 23.0 Å². The Labute approximate surface area is 199 Å². The van der Waals surface area contributed by atoms with Crippen LogP contribution in [0.25, 0.3) is 11.3 Å². The van der Waals surface area contributed by atoms with E-state index in [1.165, 1.54) is 0 Å². The van der Waals surface area contributed by atoms with Crippen LogP contribution in [0.2, 0.25) is 0 Å². The van der Waals surface area contributed by atoms with Crippen molar-refractivity contribution < 1.29 is 18.3 Å². The lowest BCUT2D eigenvalue weighted by atomic mass is 9.98. The molecule has 2 unspecified atom stereocenters. The van der Waals surface area contributed by atoms with E-state index >= 15 is 0 Å². The van der Waals surface area contributed by atoms with Gasteiger partial charge in [-0.05, 0) is 35.4 Å². The van der Waals surface area contributed by atoms with Crippen molar-refractivity contribution in [3.8, 4) is 28.8 Å². The maximum atomic E-state index is 14.4. The third-order valence-electron chi connectivity index (χ3n) is 6.19. The molecule has 2 aromatic heterocycles. The minimum absolute atomic E-state index is 0.105. The second-order valence-electron chi connectivity index (χ2n) is 8.62. The van der Waals surface area contributed by atoms with Crippen LogP contribution in [-0.2, 0) is 24.9 Å². The molecule has 0 bridgehead atoms. The number of benzene rings is 2. The predicted octanol–water partition coefficient (Wildman–Crippen LogP) is 4.84. The number of aryl methyl sites for hydroxylation is 1. The molecule has 4 aromatic rings. The van der Waals surface area contributed by atoms with E-state index in [-0.39, 0.29) is 17.9 Å². The second-order valence-corrected chi connectivity index (χ2v) is 8.62. The summed E-state index contributed by atoms with van der Waals surface area (Å²) in [6, 6.07) is 13.1. The third-order valence-corrected chi connectivity index (χ3v) is 6.19. The van der Waals surface area contributed by atoms with E-state index in [1.807, 2.05) is 37.6 Å². The standard InChI is InChI=1S/C26H19F2N5O2/c1-32-13-18(11-31-32)21-6-5-15(10-30-21)12-33-14-17-3-2-4-22(23(17)25-26(33)35-25)34-24-19(27)7-16(9-29)8-20(24)28/h2-8,10-11,13,25-26H,12,14H2,1H3. The molecule has 4 heterocycles. The van der Waals surface area contributed by atoms with E-state index in [0.717, 1.165) is 40.1 Å². The molecule has 1 fully saturated rings. The van der Waals surface area contributed by atoms with Crippen LogP contribution in [0.1, 0.15) is 28.4 Å². The third kappa shape index (κ3) is 3.93. The first-order valence-electron chi connectivity index (χ1n) is 11.0. The summed E-state index contributed by atoms with van der Waals surface area (Å²) in [5.41, 5.74) is 4.52. The number of rotatable bonds is 5. The zero-order valence-corrected chi connectivity index (χ0v) is 18.7. The number of pyridine rings is 1. The minimum atomic E-state index is -0.924. The zero-order valence-electron chi connectivity index (χ0n) is 18.7. The van der Waals surface area contributed by atoms with Crippen LogP contribution >= 0.6 is 0 Å². The van der Waals surface area contributed by atoms with Crippen molar-refractivity contribution in [2.75, 3.05) is 0 Å². The van der Waals surface area contributed by atoms with Crippen LogP contribution < -0.4 is 4.74 Å². The highest BCUT2D eigenvalue weighted by Crippen LogP contribution is 2.51. The number of halogens is 2. The lowest BCUT2D eigenvalue weighted by Gasteiger charge is -2.26. The minimum Gasteiger partial charge on any atom is -0.451 e. The van der Waals surface area contributed by atoms with Crippen molar-refractivity contribution >= 4 is 0 Å². The molecular formula is C26H19F2N5O2.